The van der Waals surface area contributed by atoms with Crippen molar-refractivity contribution in [2.45, 2.75) is 20.8 Å². The molecule has 0 fully saturated rings. The Morgan fingerprint density at radius 1 is 1.36 bits per heavy atom. The van der Waals surface area contributed by atoms with E-state index in [0.717, 1.165) is 10.6 Å². The Morgan fingerprint density at radius 2 is 1.86 bits per heavy atom. The van der Waals surface area contributed by atoms with Gasteiger partial charge in [0.05, 0.1) is 5.69 Å². The number of amides is 2. The van der Waals surface area contributed by atoms with Gasteiger partial charge in [-0.05, 0) is 6.92 Å². The zero-order valence-electron chi connectivity index (χ0n) is 8.74. The van der Waals surface area contributed by atoms with Gasteiger partial charge in [-0.25, -0.2) is 4.90 Å². The first-order valence-corrected chi connectivity index (χ1v) is 4.25. The average molecular weight is 195 g/mol. The van der Waals surface area contributed by atoms with Crippen LogP contribution < -0.4 is 4.90 Å². The van der Waals surface area contributed by atoms with Crippen LogP contribution in [-0.2, 0) is 16.6 Å². The average Bonchev–Trinajstić information content (AvgIpc) is 2.29. The van der Waals surface area contributed by atoms with Gasteiger partial charge in [0, 0.05) is 27.0 Å². The molecule has 0 aromatic carbocycles. The van der Waals surface area contributed by atoms with Crippen molar-refractivity contribution < 1.29 is 9.59 Å². The molecule has 2 amide bonds. The summed E-state index contributed by atoms with van der Waals surface area (Å²) in [5, 5.41) is 4.07. The van der Waals surface area contributed by atoms with E-state index in [0.29, 0.717) is 5.82 Å². The second-order valence-electron chi connectivity index (χ2n) is 3.14. The number of carbonyl (C=O) groups excluding carboxylic acids is 2. The quantitative estimate of drug-likeness (QED) is 0.660. The van der Waals surface area contributed by atoms with E-state index in [2.05, 4.69) is 5.10 Å². The maximum absolute atomic E-state index is 11.2. The van der Waals surface area contributed by atoms with E-state index in [-0.39, 0.29) is 11.8 Å². The highest BCUT2D eigenvalue weighted by Crippen LogP contribution is 2.15. The summed E-state index contributed by atoms with van der Waals surface area (Å²) in [5.74, 6) is -0.108. The van der Waals surface area contributed by atoms with Crippen LogP contribution in [0, 0.1) is 6.92 Å². The second kappa shape index (κ2) is 3.61. The molecule has 1 aromatic heterocycles. The van der Waals surface area contributed by atoms with E-state index < -0.39 is 0 Å². The summed E-state index contributed by atoms with van der Waals surface area (Å²) in [6.45, 7) is 4.51. The topological polar surface area (TPSA) is 55.2 Å². The molecule has 0 N–H and O–H groups in total. The summed E-state index contributed by atoms with van der Waals surface area (Å²) in [5.41, 5.74) is 0.773. The van der Waals surface area contributed by atoms with E-state index >= 15 is 0 Å². The first kappa shape index (κ1) is 10.4. The molecular weight excluding hydrogens is 182 g/mol. The lowest BCUT2D eigenvalue weighted by molar-refractivity contribution is -0.124. The number of imide groups is 1. The number of nitrogens with zero attached hydrogens (tertiary/aromatic N) is 3. The monoisotopic (exact) mass is 195 g/mol. The van der Waals surface area contributed by atoms with Gasteiger partial charge in [-0.3, -0.25) is 14.3 Å². The number of carbonyl (C=O) groups is 2. The maximum atomic E-state index is 11.2. The van der Waals surface area contributed by atoms with Crippen LogP contribution in [0.3, 0.4) is 0 Å². The number of aryl methyl sites for hydroxylation is 2. The number of hydrogen-bond acceptors (Lipinski definition) is 3. The molecule has 14 heavy (non-hydrogen) atoms. The van der Waals surface area contributed by atoms with Crippen LogP contribution in [0.2, 0.25) is 0 Å². The molecule has 0 atom stereocenters. The largest absolute Gasteiger partial charge is 0.274 e. The van der Waals surface area contributed by atoms with Crippen LogP contribution in [0.25, 0.3) is 0 Å². The molecule has 5 nitrogen and oxygen atoms in total. The van der Waals surface area contributed by atoms with Crippen LogP contribution in [-0.4, -0.2) is 21.6 Å². The van der Waals surface area contributed by atoms with Crippen molar-refractivity contribution in [3.05, 3.63) is 11.8 Å². The molecule has 0 spiro atoms. The van der Waals surface area contributed by atoms with Crippen LogP contribution in [0.4, 0.5) is 5.82 Å². The first-order chi connectivity index (χ1) is 6.43. The smallest absolute Gasteiger partial charge is 0.231 e. The molecule has 0 saturated heterocycles. The molecular formula is C9H13N3O2. The zero-order valence-corrected chi connectivity index (χ0v) is 8.74. The van der Waals surface area contributed by atoms with Gasteiger partial charge in [0.15, 0.2) is 0 Å². The summed E-state index contributed by atoms with van der Waals surface area (Å²) in [6.07, 6.45) is 0. The van der Waals surface area contributed by atoms with Gasteiger partial charge in [0.2, 0.25) is 11.8 Å². The molecule has 0 radical (unpaired) electrons. The summed E-state index contributed by atoms with van der Waals surface area (Å²) >= 11 is 0. The number of hydrogen-bond donors (Lipinski definition) is 0. The molecule has 0 saturated carbocycles. The first-order valence-electron chi connectivity index (χ1n) is 4.25. The second-order valence-corrected chi connectivity index (χ2v) is 3.14. The fraction of sp³-hybridized carbons (Fsp3) is 0.444. The Kier molecular flexibility index (Phi) is 2.69. The van der Waals surface area contributed by atoms with Crippen LogP contribution in [0.5, 0.6) is 0 Å². The minimum absolute atomic E-state index is 0.305. The molecule has 1 aromatic rings. The molecule has 0 unspecified atom stereocenters. The van der Waals surface area contributed by atoms with E-state index in [9.17, 15) is 9.59 Å². The van der Waals surface area contributed by atoms with Crippen LogP contribution >= 0.6 is 0 Å². The van der Waals surface area contributed by atoms with Crippen molar-refractivity contribution in [3.8, 4) is 0 Å². The lowest BCUT2D eigenvalue weighted by atomic mass is 10.4. The van der Waals surface area contributed by atoms with E-state index in [1.54, 1.807) is 13.1 Å². The number of anilines is 1. The van der Waals surface area contributed by atoms with Gasteiger partial charge in [-0.1, -0.05) is 0 Å². The number of aromatic nitrogens is 2. The third-order valence-corrected chi connectivity index (χ3v) is 1.84. The minimum atomic E-state index is -0.305. The van der Waals surface area contributed by atoms with Crippen molar-refractivity contribution >= 4 is 17.6 Å². The Balaban J connectivity index is 3.18. The van der Waals surface area contributed by atoms with E-state index in [1.165, 1.54) is 18.5 Å². The summed E-state index contributed by atoms with van der Waals surface area (Å²) in [4.78, 5) is 23.5. The summed E-state index contributed by atoms with van der Waals surface area (Å²) < 4.78 is 1.51. The van der Waals surface area contributed by atoms with Gasteiger partial charge in [-0.2, -0.15) is 5.10 Å². The van der Waals surface area contributed by atoms with Gasteiger partial charge in [-0.15, -0.1) is 0 Å². The third-order valence-electron chi connectivity index (χ3n) is 1.84. The van der Waals surface area contributed by atoms with Gasteiger partial charge >= 0.3 is 0 Å². The van der Waals surface area contributed by atoms with Gasteiger partial charge in [0.1, 0.15) is 5.82 Å². The fourth-order valence-electron chi connectivity index (χ4n) is 1.35. The van der Waals surface area contributed by atoms with E-state index in [1.807, 2.05) is 6.92 Å². The lowest BCUT2D eigenvalue weighted by Gasteiger charge is -2.16. The number of rotatable bonds is 1. The van der Waals surface area contributed by atoms with Gasteiger partial charge in [0.25, 0.3) is 0 Å². The van der Waals surface area contributed by atoms with Crippen molar-refractivity contribution in [2.24, 2.45) is 7.05 Å². The standard InChI is InChI=1S/C9H13N3O2/c1-6-5-9(11(4)10-6)12(7(2)13)8(3)14/h5H,1-4H3. The predicted octanol–water partition coefficient (Wildman–Crippen LogP) is 0.628. The Bertz CT molecular complexity index is 367. The fourth-order valence-corrected chi connectivity index (χ4v) is 1.35. The van der Waals surface area contributed by atoms with Crippen LogP contribution in [0.15, 0.2) is 6.07 Å². The van der Waals surface area contributed by atoms with Crippen molar-refractivity contribution in [3.63, 3.8) is 0 Å². The summed E-state index contributed by atoms with van der Waals surface area (Å²) in [7, 11) is 1.70. The van der Waals surface area contributed by atoms with Crippen molar-refractivity contribution in [2.75, 3.05) is 4.90 Å². The lowest BCUT2D eigenvalue weighted by Crippen LogP contribution is -2.34. The molecule has 1 rings (SSSR count). The van der Waals surface area contributed by atoms with Gasteiger partial charge < -0.3 is 0 Å². The molecule has 5 heteroatoms. The highest BCUT2D eigenvalue weighted by atomic mass is 16.2. The molecule has 0 aliphatic heterocycles. The highest BCUT2D eigenvalue weighted by Gasteiger charge is 2.19. The summed E-state index contributed by atoms with van der Waals surface area (Å²) in [6, 6.07) is 1.70. The van der Waals surface area contributed by atoms with Crippen LogP contribution in [0.1, 0.15) is 19.5 Å². The third kappa shape index (κ3) is 1.81. The predicted molar refractivity (Wildman–Crippen MR) is 51.8 cm³/mol. The molecule has 76 valence electrons. The molecule has 0 aliphatic carbocycles. The molecule has 0 bridgehead atoms. The highest BCUT2D eigenvalue weighted by molar-refractivity contribution is 6.12. The van der Waals surface area contributed by atoms with E-state index in [4.69, 9.17) is 0 Å². The Hall–Kier alpha value is -1.65. The minimum Gasteiger partial charge on any atom is -0.274 e. The maximum Gasteiger partial charge on any atom is 0.231 e. The van der Waals surface area contributed by atoms with Crippen molar-refractivity contribution in [1.29, 1.82) is 0 Å². The Morgan fingerprint density at radius 3 is 2.14 bits per heavy atom. The SMILES string of the molecule is CC(=O)N(C(C)=O)c1cc(C)nn1C. The zero-order chi connectivity index (χ0) is 10.9. The normalized spacial score (nSPS) is 10.0. The molecule has 0 aliphatic rings. The van der Waals surface area contributed by atoms with Crippen molar-refractivity contribution in [1.82, 2.24) is 9.78 Å². The molecule has 1 heterocycles. The Labute approximate surface area is 82.3 Å².